The fourth-order valence-electron chi connectivity index (χ4n) is 4.19. The molecule has 0 radical (unpaired) electrons. The number of carbonyl (C=O) groups is 1. The van der Waals surface area contributed by atoms with Crippen molar-refractivity contribution in [3.05, 3.63) is 23.5 Å². The van der Waals surface area contributed by atoms with E-state index in [2.05, 4.69) is 15.3 Å². The van der Waals surface area contributed by atoms with Crippen molar-refractivity contribution in [2.75, 3.05) is 11.6 Å². The van der Waals surface area contributed by atoms with Crippen LogP contribution in [0.4, 0.5) is 10.6 Å². The summed E-state index contributed by atoms with van der Waals surface area (Å²) in [5, 5.41) is 13.6. The number of halogens is 1. The topological polar surface area (TPSA) is 112 Å². The molecule has 1 amide bonds. The average Bonchev–Trinajstić information content (AvgIpc) is 2.85. The van der Waals surface area contributed by atoms with Crippen LogP contribution in [-0.4, -0.2) is 58.9 Å². The zero-order valence-electron chi connectivity index (χ0n) is 14.6. The van der Waals surface area contributed by atoms with Crippen LogP contribution in [0.15, 0.2) is 23.2 Å². The highest BCUT2D eigenvalue weighted by atomic mass is 35.5. The van der Waals surface area contributed by atoms with Gasteiger partial charge in [0.25, 0.3) is 0 Å². The third-order valence-electron chi connectivity index (χ3n) is 5.35. The SMILES string of the molecule is CS(=O)(=O)c1cnc2cc(Cl)nc(NC3C[C@H]4CC[C@@H](C3)N4C(=O)O)c2c1. The van der Waals surface area contributed by atoms with E-state index >= 15 is 0 Å². The Morgan fingerprint density at radius 2 is 1.96 bits per heavy atom. The molecule has 0 aliphatic carbocycles. The molecule has 2 aliphatic heterocycles. The summed E-state index contributed by atoms with van der Waals surface area (Å²) >= 11 is 6.11. The van der Waals surface area contributed by atoms with Crippen LogP contribution in [0, 0.1) is 0 Å². The maximum Gasteiger partial charge on any atom is 0.407 e. The van der Waals surface area contributed by atoms with Gasteiger partial charge in [0.05, 0.1) is 10.4 Å². The Labute approximate surface area is 161 Å². The van der Waals surface area contributed by atoms with E-state index in [9.17, 15) is 18.3 Å². The predicted octanol–water partition coefficient (Wildman–Crippen LogP) is 2.77. The van der Waals surface area contributed by atoms with E-state index in [-0.39, 0.29) is 28.2 Å². The number of piperidine rings is 1. The van der Waals surface area contributed by atoms with Crippen LogP contribution in [0.1, 0.15) is 25.7 Å². The number of carboxylic acid groups (broad SMARTS) is 1. The third-order valence-corrected chi connectivity index (χ3v) is 6.62. The molecule has 2 aromatic rings. The molecule has 0 saturated carbocycles. The van der Waals surface area contributed by atoms with Crippen LogP contribution in [0.5, 0.6) is 0 Å². The average molecular weight is 411 g/mol. The van der Waals surface area contributed by atoms with E-state index in [0.717, 1.165) is 19.1 Å². The van der Waals surface area contributed by atoms with E-state index in [4.69, 9.17) is 11.6 Å². The monoisotopic (exact) mass is 410 g/mol. The maximum atomic E-state index is 11.9. The summed E-state index contributed by atoms with van der Waals surface area (Å²) in [5.74, 6) is 0.476. The summed E-state index contributed by atoms with van der Waals surface area (Å²) in [6.07, 6.45) is 4.65. The molecular weight excluding hydrogens is 392 g/mol. The van der Waals surface area contributed by atoms with Gasteiger partial charge in [-0.2, -0.15) is 0 Å². The second-order valence-corrected chi connectivity index (χ2v) is 9.59. The third kappa shape index (κ3) is 3.41. The highest BCUT2D eigenvalue weighted by Crippen LogP contribution is 2.37. The number of pyridine rings is 2. The van der Waals surface area contributed by atoms with Gasteiger partial charge >= 0.3 is 6.09 Å². The maximum absolute atomic E-state index is 11.9. The van der Waals surface area contributed by atoms with Gasteiger partial charge in [-0.3, -0.25) is 4.98 Å². The van der Waals surface area contributed by atoms with Crippen LogP contribution in [0.25, 0.3) is 10.9 Å². The number of nitrogens with one attached hydrogen (secondary N) is 1. The molecule has 2 fully saturated rings. The second-order valence-electron chi connectivity index (χ2n) is 7.19. The fourth-order valence-corrected chi connectivity index (χ4v) is 4.95. The molecule has 2 aromatic heterocycles. The van der Waals surface area contributed by atoms with E-state index in [1.807, 2.05) is 0 Å². The predicted molar refractivity (Wildman–Crippen MR) is 101 cm³/mol. The number of anilines is 1. The number of amides is 1. The summed E-state index contributed by atoms with van der Waals surface area (Å²) in [7, 11) is -3.40. The molecule has 2 N–H and O–H groups in total. The molecular formula is C17H19ClN4O4S. The van der Waals surface area contributed by atoms with E-state index in [1.165, 1.54) is 6.20 Å². The number of rotatable bonds is 3. The molecule has 2 aliphatic rings. The van der Waals surface area contributed by atoms with E-state index in [1.54, 1.807) is 17.0 Å². The minimum Gasteiger partial charge on any atom is -0.465 e. The van der Waals surface area contributed by atoms with Crippen LogP contribution in [0.3, 0.4) is 0 Å². The van der Waals surface area contributed by atoms with Crippen LogP contribution in [-0.2, 0) is 9.84 Å². The van der Waals surface area contributed by atoms with Gasteiger partial charge in [-0.05, 0) is 31.7 Å². The highest BCUT2D eigenvalue weighted by Gasteiger charge is 2.43. The van der Waals surface area contributed by atoms with Gasteiger partial charge in [0.2, 0.25) is 0 Å². The lowest BCUT2D eigenvalue weighted by Gasteiger charge is -2.37. The molecule has 0 aromatic carbocycles. The largest absolute Gasteiger partial charge is 0.465 e. The molecule has 0 spiro atoms. The minimum atomic E-state index is -3.40. The first-order chi connectivity index (χ1) is 12.7. The molecule has 4 heterocycles. The number of sulfone groups is 1. The number of aromatic nitrogens is 2. The van der Waals surface area contributed by atoms with Gasteiger partial charge in [-0.1, -0.05) is 11.6 Å². The van der Waals surface area contributed by atoms with Crippen LogP contribution in [0.2, 0.25) is 5.15 Å². The van der Waals surface area contributed by atoms with Crippen molar-refractivity contribution in [3.63, 3.8) is 0 Å². The van der Waals surface area contributed by atoms with Crippen molar-refractivity contribution >= 4 is 44.3 Å². The Morgan fingerprint density at radius 3 is 2.56 bits per heavy atom. The van der Waals surface area contributed by atoms with Gasteiger partial charge in [0.1, 0.15) is 11.0 Å². The number of hydrogen-bond acceptors (Lipinski definition) is 6. The molecule has 2 saturated heterocycles. The Balaban J connectivity index is 1.67. The second kappa shape index (κ2) is 6.49. The first-order valence-electron chi connectivity index (χ1n) is 8.66. The molecule has 10 heteroatoms. The summed E-state index contributed by atoms with van der Waals surface area (Å²) in [5.41, 5.74) is 0.552. The lowest BCUT2D eigenvalue weighted by molar-refractivity contribution is 0.0994. The van der Waals surface area contributed by atoms with Gasteiger partial charge in [0, 0.05) is 42.0 Å². The molecule has 8 nitrogen and oxygen atoms in total. The van der Waals surface area contributed by atoms with Crippen LogP contribution < -0.4 is 5.32 Å². The van der Waals surface area contributed by atoms with E-state index < -0.39 is 15.9 Å². The van der Waals surface area contributed by atoms with Crippen molar-refractivity contribution in [2.24, 2.45) is 0 Å². The lowest BCUT2D eigenvalue weighted by Crippen LogP contribution is -2.49. The van der Waals surface area contributed by atoms with Crippen molar-refractivity contribution in [3.8, 4) is 0 Å². The summed E-state index contributed by atoms with van der Waals surface area (Å²) in [6.45, 7) is 0. The van der Waals surface area contributed by atoms with Gasteiger partial charge in [0.15, 0.2) is 9.84 Å². The van der Waals surface area contributed by atoms with Gasteiger partial charge in [-0.15, -0.1) is 0 Å². The molecule has 144 valence electrons. The number of nitrogens with zero attached hydrogens (tertiary/aromatic N) is 3. The summed E-state index contributed by atoms with van der Waals surface area (Å²) in [6, 6.07) is 3.16. The molecule has 27 heavy (non-hydrogen) atoms. The molecule has 4 rings (SSSR count). The Hall–Kier alpha value is -2.13. The van der Waals surface area contributed by atoms with Crippen molar-refractivity contribution in [1.29, 1.82) is 0 Å². The fraction of sp³-hybridized carbons (Fsp3) is 0.471. The summed E-state index contributed by atoms with van der Waals surface area (Å²) in [4.78, 5) is 21.7. The Morgan fingerprint density at radius 1 is 1.30 bits per heavy atom. The summed E-state index contributed by atoms with van der Waals surface area (Å²) < 4.78 is 23.7. The van der Waals surface area contributed by atoms with Crippen LogP contribution >= 0.6 is 11.6 Å². The molecule has 1 unspecified atom stereocenters. The Bertz CT molecular complexity index is 1020. The van der Waals surface area contributed by atoms with Crippen molar-refractivity contribution in [2.45, 2.75) is 48.7 Å². The number of fused-ring (bicyclic) bond motifs is 3. The lowest BCUT2D eigenvalue weighted by atomic mass is 9.97. The molecule has 2 bridgehead atoms. The normalized spacial score (nSPS) is 25.0. The van der Waals surface area contributed by atoms with Crippen molar-refractivity contribution in [1.82, 2.24) is 14.9 Å². The highest BCUT2D eigenvalue weighted by molar-refractivity contribution is 7.90. The van der Waals surface area contributed by atoms with Crippen molar-refractivity contribution < 1.29 is 18.3 Å². The number of hydrogen-bond donors (Lipinski definition) is 2. The molecule has 3 atom stereocenters. The quantitative estimate of drug-likeness (QED) is 0.748. The zero-order chi connectivity index (χ0) is 19.3. The first kappa shape index (κ1) is 18.2. The minimum absolute atomic E-state index is 0.00564. The smallest absolute Gasteiger partial charge is 0.407 e. The van der Waals surface area contributed by atoms with E-state index in [0.29, 0.717) is 29.6 Å². The zero-order valence-corrected chi connectivity index (χ0v) is 16.2. The Kier molecular flexibility index (Phi) is 4.38. The first-order valence-corrected chi connectivity index (χ1v) is 10.9. The van der Waals surface area contributed by atoms with Gasteiger partial charge in [-0.25, -0.2) is 18.2 Å². The van der Waals surface area contributed by atoms with Gasteiger partial charge < -0.3 is 15.3 Å². The standard InChI is InChI=1S/C17H19ClN4O4S/c1-27(25,26)12-6-13-14(19-8-12)7-15(18)21-16(13)20-9-4-10-2-3-11(5-9)22(10)17(23)24/h6-11H,2-5H2,1H3,(H,20,21)(H,23,24)/t9?,10-,11+.